The second-order valence-electron chi connectivity index (χ2n) is 5.74. The second-order valence-corrected chi connectivity index (χ2v) is 6.15. The molecule has 0 radical (unpaired) electrons. The number of β-amino-alcohol motifs (C(OH)–C–C–N with tert-alkyl or cyclic N) is 1. The van der Waals surface area contributed by atoms with Crippen LogP contribution >= 0.6 is 11.6 Å². The molecule has 6 nitrogen and oxygen atoms in total. The summed E-state index contributed by atoms with van der Waals surface area (Å²) >= 11 is 5.59. The van der Waals surface area contributed by atoms with E-state index in [-0.39, 0.29) is 23.7 Å². The van der Waals surface area contributed by atoms with Crippen LogP contribution in [0.25, 0.3) is 0 Å². The maximum Gasteiger partial charge on any atom is 0.408 e. The van der Waals surface area contributed by atoms with Crippen molar-refractivity contribution < 1.29 is 28.6 Å². The molecular weight excluding hydrogens is 334 g/mol. The van der Waals surface area contributed by atoms with E-state index in [0.717, 1.165) is 15.9 Å². The topological polar surface area (TPSA) is 81.1 Å². The molecule has 1 aliphatic rings. The summed E-state index contributed by atoms with van der Waals surface area (Å²) in [6.07, 6.45) is -1.49. The third-order valence-electron chi connectivity index (χ3n) is 3.73. The van der Waals surface area contributed by atoms with Crippen LogP contribution in [0.1, 0.15) is 13.3 Å². The number of rotatable bonds is 2. The standard InChI is InChI=1S/C14H15ClF2N2O4/c1-14(23)5-11(19(6-14)13(21)22)12(20)18(2)10-3-7(15)8(16)4-9(10)17/h3-4,11,23H,5-6H2,1-2H3,(H,21,22). The highest BCUT2D eigenvalue weighted by Crippen LogP contribution is 2.31. The van der Waals surface area contributed by atoms with Gasteiger partial charge in [-0.15, -0.1) is 0 Å². The molecule has 1 saturated heterocycles. The molecule has 9 heteroatoms. The van der Waals surface area contributed by atoms with Gasteiger partial charge in [-0.3, -0.25) is 9.69 Å². The molecule has 2 atom stereocenters. The molecule has 0 spiro atoms. The molecule has 0 bridgehead atoms. The first-order valence-electron chi connectivity index (χ1n) is 6.67. The van der Waals surface area contributed by atoms with Gasteiger partial charge >= 0.3 is 6.09 Å². The molecule has 0 aromatic heterocycles. The van der Waals surface area contributed by atoms with Crippen molar-refractivity contribution in [2.24, 2.45) is 0 Å². The Morgan fingerprint density at radius 1 is 1.39 bits per heavy atom. The lowest BCUT2D eigenvalue weighted by atomic mass is 10.0. The van der Waals surface area contributed by atoms with E-state index in [9.17, 15) is 23.5 Å². The molecule has 1 aromatic carbocycles. The van der Waals surface area contributed by atoms with E-state index in [1.165, 1.54) is 14.0 Å². The minimum atomic E-state index is -1.37. The van der Waals surface area contributed by atoms with Crippen LogP contribution in [0.3, 0.4) is 0 Å². The van der Waals surface area contributed by atoms with Crippen molar-refractivity contribution in [2.75, 3.05) is 18.5 Å². The van der Waals surface area contributed by atoms with Crippen LogP contribution in [0.5, 0.6) is 0 Å². The third kappa shape index (κ3) is 3.37. The molecule has 2 amide bonds. The Kier molecular flexibility index (Phi) is 4.50. The first kappa shape index (κ1) is 17.4. The largest absolute Gasteiger partial charge is 0.465 e. The number of hydrogen-bond donors (Lipinski definition) is 2. The Bertz CT molecular complexity index is 668. The van der Waals surface area contributed by atoms with Crippen molar-refractivity contribution in [1.29, 1.82) is 0 Å². The fraction of sp³-hybridized carbons (Fsp3) is 0.429. The Balaban J connectivity index is 2.32. The minimum absolute atomic E-state index is 0.126. The van der Waals surface area contributed by atoms with E-state index in [4.69, 9.17) is 16.7 Å². The molecule has 1 fully saturated rings. The van der Waals surface area contributed by atoms with Crippen molar-refractivity contribution >= 4 is 29.3 Å². The fourth-order valence-electron chi connectivity index (χ4n) is 2.60. The third-order valence-corrected chi connectivity index (χ3v) is 4.02. The van der Waals surface area contributed by atoms with E-state index in [0.29, 0.717) is 6.07 Å². The van der Waals surface area contributed by atoms with Crippen LogP contribution in [-0.2, 0) is 4.79 Å². The molecule has 0 aliphatic carbocycles. The van der Waals surface area contributed by atoms with Crippen molar-refractivity contribution in [3.8, 4) is 0 Å². The van der Waals surface area contributed by atoms with Crippen LogP contribution < -0.4 is 4.90 Å². The Hall–Kier alpha value is -1.93. The van der Waals surface area contributed by atoms with Crippen molar-refractivity contribution in [3.63, 3.8) is 0 Å². The lowest BCUT2D eigenvalue weighted by Gasteiger charge is -2.26. The van der Waals surface area contributed by atoms with E-state index < -0.39 is 35.3 Å². The zero-order chi connectivity index (χ0) is 17.5. The molecule has 1 aromatic rings. The van der Waals surface area contributed by atoms with Gasteiger partial charge in [0.05, 0.1) is 22.9 Å². The maximum atomic E-state index is 13.9. The summed E-state index contributed by atoms with van der Waals surface area (Å²) in [7, 11) is 1.22. The lowest BCUT2D eigenvalue weighted by molar-refractivity contribution is -0.122. The quantitative estimate of drug-likeness (QED) is 0.802. The molecule has 1 aliphatic heterocycles. The Labute approximate surface area is 135 Å². The van der Waals surface area contributed by atoms with E-state index in [2.05, 4.69) is 0 Å². The first-order chi connectivity index (χ1) is 10.5. The number of nitrogens with zero attached hydrogens (tertiary/aromatic N) is 2. The highest BCUT2D eigenvalue weighted by atomic mass is 35.5. The molecule has 1 heterocycles. The van der Waals surface area contributed by atoms with Gasteiger partial charge in [0.2, 0.25) is 5.91 Å². The van der Waals surface area contributed by atoms with Gasteiger partial charge < -0.3 is 15.1 Å². The van der Waals surface area contributed by atoms with Gasteiger partial charge in [0.1, 0.15) is 17.7 Å². The van der Waals surface area contributed by atoms with Gasteiger partial charge in [-0.25, -0.2) is 13.6 Å². The number of carbonyl (C=O) groups is 2. The van der Waals surface area contributed by atoms with E-state index in [1.54, 1.807) is 0 Å². The predicted octanol–water partition coefficient (Wildman–Crippen LogP) is 2.08. The van der Waals surface area contributed by atoms with Gasteiger partial charge in [0, 0.05) is 19.5 Å². The zero-order valence-electron chi connectivity index (χ0n) is 12.4. The van der Waals surface area contributed by atoms with Crippen LogP contribution in [0.15, 0.2) is 12.1 Å². The maximum absolute atomic E-state index is 13.9. The molecule has 23 heavy (non-hydrogen) atoms. The number of anilines is 1. The highest BCUT2D eigenvalue weighted by Gasteiger charge is 2.46. The average Bonchev–Trinajstić information content (AvgIpc) is 2.77. The van der Waals surface area contributed by atoms with Crippen molar-refractivity contribution in [1.82, 2.24) is 4.90 Å². The number of likely N-dealkylation sites (tertiary alicyclic amines) is 1. The summed E-state index contributed by atoms with van der Waals surface area (Å²) in [5.41, 5.74) is -1.64. The van der Waals surface area contributed by atoms with Crippen LogP contribution in [-0.4, -0.2) is 52.3 Å². The lowest BCUT2D eigenvalue weighted by Crippen LogP contribution is -2.46. The van der Waals surface area contributed by atoms with E-state index in [1.807, 2.05) is 0 Å². The molecular formula is C14H15ClF2N2O4. The number of carbonyl (C=O) groups excluding carboxylic acids is 1. The van der Waals surface area contributed by atoms with Gasteiger partial charge in [-0.1, -0.05) is 11.6 Å². The first-order valence-corrected chi connectivity index (χ1v) is 7.05. The smallest absolute Gasteiger partial charge is 0.408 e. The summed E-state index contributed by atoms with van der Waals surface area (Å²) in [6, 6.07) is 0.319. The fourth-order valence-corrected chi connectivity index (χ4v) is 2.76. The van der Waals surface area contributed by atoms with Gasteiger partial charge in [0.25, 0.3) is 0 Å². The summed E-state index contributed by atoms with van der Waals surface area (Å²) in [6.45, 7) is 1.17. The van der Waals surface area contributed by atoms with Gasteiger partial charge in [-0.05, 0) is 13.0 Å². The van der Waals surface area contributed by atoms with Crippen LogP contribution in [0.4, 0.5) is 19.3 Å². The normalized spacial score (nSPS) is 23.9. The summed E-state index contributed by atoms with van der Waals surface area (Å²) in [5, 5.41) is 18.8. The highest BCUT2D eigenvalue weighted by molar-refractivity contribution is 6.31. The van der Waals surface area contributed by atoms with Crippen molar-refractivity contribution in [2.45, 2.75) is 25.0 Å². The minimum Gasteiger partial charge on any atom is -0.465 e. The summed E-state index contributed by atoms with van der Waals surface area (Å²) in [5.74, 6) is -2.72. The Morgan fingerprint density at radius 3 is 2.57 bits per heavy atom. The monoisotopic (exact) mass is 348 g/mol. The molecule has 2 N–H and O–H groups in total. The summed E-state index contributed by atoms with van der Waals surface area (Å²) in [4.78, 5) is 25.4. The van der Waals surface area contributed by atoms with Crippen LogP contribution in [0.2, 0.25) is 5.02 Å². The second kappa shape index (κ2) is 5.93. The van der Waals surface area contributed by atoms with Gasteiger partial charge in [-0.2, -0.15) is 0 Å². The van der Waals surface area contributed by atoms with Crippen LogP contribution in [0, 0.1) is 11.6 Å². The molecule has 2 unspecified atom stereocenters. The Morgan fingerprint density at radius 2 is 2.00 bits per heavy atom. The number of amides is 2. The average molecular weight is 349 g/mol. The molecule has 0 saturated carbocycles. The molecule has 126 valence electrons. The van der Waals surface area contributed by atoms with Crippen molar-refractivity contribution in [3.05, 3.63) is 28.8 Å². The molecule has 2 rings (SSSR count). The number of hydrogen-bond acceptors (Lipinski definition) is 3. The zero-order valence-corrected chi connectivity index (χ0v) is 13.1. The van der Waals surface area contributed by atoms with Gasteiger partial charge in [0.15, 0.2) is 0 Å². The van der Waals surface area contributed by atoms with E-state index >= 15 is 0 Å². The predicted molar refractivity (Wildman–Crippen MR) is 78.5 cm³/mol. The number of aliphatic hydroxyl groups is 1. The number of carboxylic acid groups (broad SMARTS) is 1. The number of likely N-dealkylation sites (N-methyl/N-ethyl adjacent to an activating group) is 1. The SMILES string of the molecule is CN(C(=O)C1CC(C)(O)CN1C(=O)O)c1cc(Cl)c(F)cc1F. The number of benzene rings is 1. The summed E-state index contributed by atoms with van der Waals surface area (Å²) < 4.78 is 27.1. The number of halogens is 3.